The molecule has 0 aliphatic rings. The summed E-state index contributed by atoms with van der Waals surface area (Å²) in [6.07, 6.45) is 4.23. The van der Waals surface area contributed by atoms with Gasteiger partial charge >= 0.3 is 6.09 Å². The van der Waals surface area contributed by atoms with Crippen molar-refractivity contribution in [2.75, 3.05) is 49.1 Å². The first-order chi connectivity index (χ1) is 14.5. The van der Waals surface area contributed by atoms with Gasteiger partial charge in [0.15, 0.2) is 23.0 Å². The van der Waals surface area contributed by atoms with Crippen LogP contribution in [0.2, 0.25) is 0 Å². The Bertz CT molecular complexity index is 894. The fourth-order valence-electron chi connectivity index (χ4n) is 2.99. The molecule has 0 aliphatic carbocycles. The highest BCUT2D eigenvalue weighted by molar-refractivity contribution is 5.74. The van der Waals surface area contributed by atoms with Crippen molar-refractivity contribution in [1.82, 2.24) is 4.90 Å². The van der Waals surface area contributed by atoms with Crippen LogP contribution in [0.5, 0.6) is 23.0 Å². The highest BCUT2D eigenvalue weighted by Crippen LogP contribution is 2.33. The number of carbonyl (C=O) groups is 1. The molecule has 0 heterocycles. The molecule has 0 saturated heterocycles. The van der Waals surface area contributed by atoms with Crippen LogP contribution in [0.1, 0.15) is 16.7 Å². The van der Waals surface area contributed by atoms with Crippen molar-refractivity contribution in [3.63, 3.8) is 0 Å². The monoisotopic (exact) mass is 415 g/mol. The van der Waals surface area contributed by atoms with Crippen LogP contribution in [0, 0.1) is 0 Å². The van der Waals surface area contributed by atoms with Gasteiger partial charge in [-0.2, -0.15) is 0 Å². The van der Waals surface area contributed by atoms with E-state index in [1.807, 2.05) is 42.5 Å². The van der Waals surface area contributed by atoms with Gasteiger partial charge in [-0.1, -0.05) is 18.2 Å². The quantitative estimate of drug-likeness (QED) is 0.574. The minimum atomic E-state index is -0.377. The largest absolute Gasteiger partial charge is 0.493 e. The van der Waals surface area contributed by atoms with Crippen molar-refractivity contribution in [2.45, 2.75) is 6.42 Å². The molecule has 0 atom stereocenters. The van der Waals surface area contributed by atoms with Crippen molar-refractivity contribution in [2.24, 2.45) is 0 Å². The zero-order valence-corrected chi connectivity index (χ0v) is 18.4. The fraction of sp³-hybridized carbons (Fsp3) is 0.348. The normalized spacial score (nSPS) is 10.6. The van der Waals surface area contributed by atoms with Gasteiger partial charge in [-0.05, 0) is 47.4 Å². The first-order valence-corrected chi connectivity index (χ1v) is 9.41. The number of ether oxygens (including phenoxy) is 5. The Morgan fingerprint density at radius 2 is 1.43 bits per heavy atom. The first-order valence-electron chi connectivity index (χ1n) is 9.41. The van der Waals surface area contributed by atoms with E-state index in [1.165, 1.54) is 12.0 Å². The Hall–Kier alpha value is -3.35. The van der Waals surface area contributed by atoms with E-state index < -0.39 is 0 Å². The summed E-state index contributed by atoms with van der Waals surface area (Å²) in [5.74, 6) is 2.60. The lowest BCUT2D eigenvalue weighted by molar-refractivity contribution is 0.134. The number of likely N-dealkylation sites (N-methyl/N-ethyl adjacent to an activating group) is 1. The zero-order valence-electron chi connectivity index (χ0n) is 18.4. The van der Waals surface area contributed by atoms with Crippen LogP contribution in [-0.4, -0.2) is 60.1 Å². The Balaban J connectivity index is 2.36. The maximum Gasteiger partial charge on any atom is 0.409 e. The van der Waals surface area contributed by atoms with Crippen LogP contribution in [-0.2, 0) is 11.2 Å². The molecule has 0 bridgehead atoms. The molecule has 7 nitrogen and oxygen atoms in total. The molecule has 30 heavy (non-hydrogen) atoms. The van der Waals surface area contributed by atoms with Crippen molar-refractivity contribution < 1.29 is 28.5 Å². The third-order valence-electron chi connectivity index (χ3n) is 4.71. The molecule has 0 fully saturated rings. The molecule has 0 aromatic heterocycles. The number of rotatable bonds is 9. The van der Waals surface area contributed by atoms with Gasteiger partial charge in [0.25, 0.3) is 0 Å². The third kappa shape index (κ3) is 5.59. The van der Waals surface area contributed by atoms with Gasteiger partial charge in [-0.25, -0.2) is 4.79 Å². The maximum absolute atomic E-state index is 11.7. The van der Waals surface area contributed by atoms with Gasteiger partial charge < -0.3 is 28.6 Å². The van der Waals surface area contributed by atoms with E-state index in [0.717, 1.165) is 16.7 Å². The van der Waals surface area contributed by atoms with E-state index >= 15 is 0 Å². The number of amides is 1. The van der Waals surface area contributed by atoms with Crippen molar-refractivity contribution in [3.05, 3.63) is 47.0 Å². The molecule has 0 N–H and O–H groups in total. The van der Waals surface area contributed by atoms with E-state index in [-0.39, 0.29) is 6.09 Å². The van der Waals surface area contributed by atoms with Crippen molar-refractivity contribution >= 4 is 18.2 Å². The zero-order chi connectivity index (χ0) is 22.1. The summed E-state index contributed by atoms with van der Waals surface area (Å²) in [6.45, 7) is 0.499. The minimum Gasteiger partial charge on any atom is -0.493 e. The number of carbonyl (C=O) groups excluding carboxylic acids is 1. The van der Waals surface area contributed by atoms with Gasteiger partial charge in [0.2, 0.25) is 0 Å². The molecular formula is C23H29NO6. The number of benzene rings is 2. The van der Waals surface area contributed by atoms with Gasteiger partial charge in [0.1, 0.15) is 0 Å². The van der Waals surface area contributed by atoms with Crippen LogP contribution in [0.15, 0.2) is 30.3 Å². The minimum absolute atomic E-state index is 0.377. The second kappa shape index (κ2) is 11.0. The Kier molecular flexibility index (Phi) is 8.41. The van der Waals surface area contributed by atoms with Gasteiger partial charge in [0, 0.05) is 13.6 Å². The van der Waals surface area contributed by atoms with Crippen LogP contribution in [0.25, 0.3) is 12.2 Å². The molecule has 2 aromatic rings. The number of nitrogens with zero attached hydrogens (tertiary/aromatic N) is 1. The number of hydrogen-bond acceptors (Lipinski definition) is 6. The molecule has 2 aromatic carbocycles. The average molecular weight is 415 g/mol. The summed E-state index contributed by atoms with van der Waals surface area (Å²) >= 11 is 0. The molecule has 0 unspecified atom stereocenters. The summed E-state index contributed by atoms with van der Waals surface area (Å²) in [5, 5.41) is 0. The highest BCUT2D eigenvalue weighted by Gasteiger charge is 2.13. The topological polar surface area (TPSA) is 66.5 Å². The van der Waals surface area contributed by atoms with Crippen LogP contribution >= 0.6 is 0 Å². The molecule has 0 spiro atoms. The number of methoxy groups -OCH3 is 5. The molecule has 0 aliphatic heterocycles. The van der Waals surface area contributed by atoms with E-state index in [0.29, 0.717) is 36.0 Å². The lowest BCUT2D eigenvalue weighted by Gasteiger charge is -2.17. The fourth-order valence-corrected chi connectivity index (χ4v) is 2.99. The summed E-state index contributed by atoms with van der Waals surface area (Å²) < 4.78 is 26.3. The summed E-state index contributed by atoms with van der Waals surface area (Å²) in [5.41, 5.74) is 2.93. The van der Waals surface area contributed by atoms with Gasteiger partial charge in [0.05, 0.1) is 35.5 Å². The lowest BCUT2D eigenvalue weighted by Crippen LogP contribution is -2.28. The lowest BCUT2D eigenvalue weighted by atomic mass is 10.0. The smallest absolute Gasteiger partial charge is 0.409 e. The van der Waals surface area contributed by atoms with Crippen molar-refractivity contribution in [3.8, 4) is 23.0 Å². The summed E-state index contributed by atoms with van der Waals surface area (Å²) in [6, 6.07) is 9.56. The Morgan fingerprint density at radius 1 is 0.833 bits per heavy atom. The predicted octanol–water partition coefficient (Wildman–Crippen LogP) is 4.13. The van der Waals surface area contributed by atoms with Gasteiger partial charge in [-0.3, -0.25) is 0 Å². The maximum atomic E-state index is 11.7. The second-order valence-corrected chi connectivity index (χ2v) is 6.50. The summed E-state index contributed by atoms with van der Waals surface area (Å²) in [7, 11) is 9.48. The molecule has 7 heteroatoms. The van der Waals surface area contributed by atoms with Crippen molar-refractivity contribution in [1.29, 1.82) is 0 Å². The van der Waals surface area contributed by atoms with E-state index in [2.05, 4.69) is 0 Å². The van der Waals surface area contributed by atoms with E-state index in [9.17, 15) is 4.79 Å². The first kappa shape index (κ1) is 22.9. The van der Waals surface area contributed by atoms with Crippen LogP contribution < -0.4 is 18.9 Å². The average Bonchev–Trinajstić information content (AvgIpc) is 2.79. The molecule has 0 saturated carbocycles. The predicted molar refractivity (Wildman–Crippen MR) is 117 cm³/mol. The Morgan fingerprint density at radius 3 is 2.03 bits per heavy atom. The van der Waals surface area contributed by atoms with E-state index in [4.69, 9.17) is 23.7 Å². The third-order valence-corrected chi connectivity index (χ3v) is 4.71. The summed E-state index contributed by atoms with van der Waals surface area (Å²) in [4.78, 5) is 13.2. The van der Waals surface area contributed by atoms with Gasteiger partial charge in [-0.15, -0.1) is 0 Å². The second-order valence-electron chi connectivity index (χ2n) is 6.50. The standard InChI is InChI=1S/C23H29NO6/c1-24(23(25)30-6)12-11-18-15-22(29-5)21(28-4)14-17(18)9-7-16-8-10-19(26-2)20(13-16)27-3/h7-10,13-15H,11-12H2,1-6H3/b9-7+. The van der Waals surface area contributed by atoms with E-state index in [1.54, 1.807) is 35.5 Å². The molecular weight excluding hydrogens is 386 g/mol. The molecule has 162 valence electrons. The van der Waals surface area contributed by atoms with Crippen LogP contribution in [0.4, 0.5) is 4.79 Å². The highest BCUT2D eigenvalue weighted by atomic mass is 16.5. The molecule has 2 rings (SSSR count). The SMILES string of the molecule is COC(=O)N(C)CCc1cc(OC)c(OC)cc1/C=C/c1ccc(OC)c(OC)c1. The number of hydrogen-bond donors (Lipinski definition) is 0. The Labute approximate surface area is 177 Å². The van der Waals surface area contributed by atoms with Crippen LogP contribution in [0.3, 0.4) is 0 Å². The molecule has 1 amide bonds. The molecule has 0 radical (unpaired) electrons.